The van der Waals surface area contributed by atoms with E-state index in [1.54, 1.807) is 10.7 Å². The van der Waals surface area contributed by atoms with Crippen molar-refractivity contribution >= 4 is 5.78 Å². The first-order valence-electron chi connectivity index (χ1n) is 5.36. The van der Waals surface area contributed by atoms with Gasteiger partial charge in [-0.2, -0.15) is 15.3 Å². The molecule has 0 saturated heterocycles. The van der Waals surface area contributed by atoms with E-state index in [4.69, 9.17) is 0 Å². The van der Waals surface area contributed by atoms with Crippen molar-refractivity contribution in [3.8, 4) is 0 Å². The van der Waals surface area contributed by atoms with Crippen molar-refractivity contribution in [2.45, 2.75) is 26.3 Å². The van der Waals surface area contributed by atoms with Crippen LogP contribution in [-0.4, -0.2) is 30.7 Å². The van der Waals surface area contributed by atoms with Crippen LogP contribution >= 0.6 is 0 Å². The third-order valence-electron chi connectivity index (χ3n) is 2.36. The van der Waals surface area contributed by atoms with Gasteiger partial charge in [0.05, 0.1) is 18.8 Å². The SMILES string of the molecule is CC(C)n1ncnc1CC(=O)c1ccnnc1. The summed E-state index contributed by atoms with van der Waals surface area (Å²) in [5, 5.41) is 11.4. The zero-order valence-corrected chi connectivity index (χ0v) is 9.74. The predicted molar refractivity (Wildman–Crippen MR) is 60.5 cm³/mol. The van der Waals surface area contributed by atoms with Gasteiger partial charge in [0.15, 0.2) is 5.78 Å². The lowest BCUT2D eigenvalue weighted by Gasteiger charge is -2.08. The van der Waals surface area contributed by atoms with E-state index in [2.05, 4.69) is 20.3 Å². The molecule has 0 aliphatic rings. The number of aromatic nitrogens is 5. The molecule has 0 aliphatic carbocycles. The third kappa shape index (κ3) is 2.52. The second-order valence-electron chi connectivity index (χ2n) is 3.95. The van der Waals surface area contributed by atoms with Gasteiger partial charge in [-0.05, 0) is 19.9 Å². The number of carbonyl (C=O) groups excluding carboxylic acids is 1. The van der Waals surface area contributed by atoms with Gasteiger partial charge in [-0.25, -0.2) is 9.67 Å². The first-order chi connectivity index (χ1) is 8.18. The second-order valence-corrected chi connectivity index (χ2v) is 3.95. The molecule has 0 saturated carbocycles. The lowest BCUT2D eigenvalue weighted by molar-refractivity contribution is 0.0988. The standard InChI is InChI=1S/C11H13N5O/c1-8(2)16-11(12-7-15-16)5-10(17)9-3-4-13-14-6-9/h3-4,6-8H,5H2,1-2H3. The largest absolute Gasteiger partial charge is 0.294 e. The van der Waals surface area contributed by atoms with E-state index in [1.165, 1.54) is 18.7 Å². The number of nitrogens with zero attached hydrogens (tertiary/aromatic N) is 5. The van der Waals surface area contributed by atoms with Gasteiger partial charge in [0.2, 0.25) is 0 Å². The molecule has 0 spiro atoms. The van der Waals surface area contributed by atoms with Crippen LogP contribution in [0.2, 0.25) is 0 Å². The van der Waals surface area contributed by atoms with Crippen LogP contribution in [0.4, 0.5) is 0 Å². The van der Waals surface area contributed by atoms with Gasteiger partial charge in [0.25, 0.3) is 0 Å². The number of Topliss-reactive ketones (excluding diaryl/α,β-unsaturated/α-hetero) is 1. The molecule has 88 valence electrons. The molecule has 0 bridgehead atoms. The molecule has 2 aromatic rings. The average Bonchev–Trinajstić information content (AvgIpc) is 2.78. The Bertz CT molecular complexity index is 506. The van der Waals surface area contributed by atoms with E-state index in [0.29, 0.717) is 11.4 Å². The molecule has 0 atom stereocenters. The van der Waals surface area contributed by atoms with E-state index < -0.39 is 0 Å². The van der Waals surface area contributed by atoms with Crippen LogP contribution in [0.5, 0.6) is 0 Å². The van der Waals surface area contributed by atoms with Crippen molar-refractivity contribution < 1.29 is 4.79 Å². The Morgan fingerprint density at radius 2 is 2.24 bits per heavy atom. The Kier molecular flexibility index (Phi) is 3.22. The minimum absolute atomic E-state index is 0.0326. The topological polar surface area (TPSA) is 73.6 Å². The Balaban J connectivity index is 2.16. The monoisotopic (exact) mass is 231 g/mol. The average molecular weight is 231 g/mol. The Morgan fingerprint density at radius 3 is 2.88 bits per heavy atom. The van der Waals surface area contributed by atoms with Crippen LogP contribution < -0.4 is 0 Å². The van der Waals surface area contributed by atoms with Crippen LogP contribution in [-0.2, 0) is 6.42 Å². The first kappa shape index (κ1) is 11.4. The molecular formula is C11H13N5O. The zero-order chi connectivity index (χ0) is 12.3. The molecule has 17 heavy (non-hydrogen) atoms. The van der Waals surface area contributed by atoms with Crippen LogP contribution in [0.15, 0.2) is 24.8 Å². The molecule has 6 heteroatoms. The van der Waals surface area contributed by atoms with Gasteiger partial charge >= 0.3 is 0 Å². The number of rotatable bonds is 4. The molecule has 0 unspecified atom stereocenters. The minimum Gasteiger partial charge on any atom is -0.294 e. The van der Waals surface area contributed by atoms with Crippen molar-refractivity contribution in [3.63, 3.8) is 0 Å². The number of ketones is 1. The molecule has 0 aliphatic heterocycles. The normalized spacial score (nSPS) is 10.8. The van der Waals surface area contributed by atoms with Crippen molar-refractivity contribution in [2.24, 2.45) is 0 Å². The van der Waals surface area contributed by atoms with E-state index in [9.17, 15) is 4.79 Å². The second kappa shape index (κ2) is 4.82. The number of hydrogen-bond donors (Lipinski definition) is 0. The molecule has 0 fully saturated rings. The van der Waals surface area contributed by atoms with Crippen molar-refractivity contribution in [3.05, 3.63) is 36.2 Å². The van der Waals surface area contributed by atoms with Gasteiger partial charge in [-0.15, -0.1) is 0 Å². The van der Waals surface area contributed by atoms with Crippen molar-refractivity contribution in [2.75, 3.05) is 0 Å². The zero-order valence-electron chi connectivity index (χ0n) is 9.74. The van der Waals surface area contributed by atoms with Crippen LogP contribution in [0, 0.1) is 0 Å². The van der Waals surface area contributed by atoms with Gasteiger partial charge in [-0.3, -0.25) is 4.79 Å². The Labute approximate surface area is 98.7 Å². The van der Waals surface area contributed by atoms with Gasteiger partial charge < -0.3 is 0 Å². The lowest BCUT2D eigenvalue weighted by Crippen LogP contribution is -2.13. The summed E-state index contributed by atoms with van der Waals surface area (Å²) in [7, 11) is 0. The first-order valence-corrected chi connectivity index (χ1v) is 5.36. The summed E-state index contributed by atoms with van der Waals surface area (Å²) in [5.41, 5.74) is 0.540. The molecule has 2 heterocycles. The maximum atomic E-state index is 11.9. The highest BCUT2D eigenvalue weighted by Crippen LogP contribution is 2.08. The molecular weight excluding hydrogens is 218 g/mol. The van der Waals surface area contributed by atoms with Gasteiger partial charge in [0, 0.05) is 11.6 Å². The summed E-state index contributed by atoms with van der Waals surface area (Å²) in [5.74, 6) is 0.636. The minimum atomic E-state index is -0.0326. The van der Waals surface area contributed by atoms with E-state index in [0.717, 1.165) is 0 Å². The molecule has 0 aromatic carbocycles. The van der Waals surface area contributed by atoms with Crippen LogP contribution in [0.25, 0.3) is 0 Å². The van der Waals surface area contributed by atoms with Crippen molar-refractivity contribution in [1.29, 1.82) is 0 Å². The molecule has 0 amide bonds. The summed E-state index contributed by atoms with van der Waals surface area (Å²) in [6.07, 6.45) is 4.65. The highest BCUT2D eigenvalue weighted by atomic mass is 16.1. The maximum absolute atomic E-state index is 11.9. The van der Waals surface area contributed by atoms with E-state index >= 15 is 0 Å². The molecule has 6 nitrogen and oxygen atoms in total. The fraction of sp³-hybridized carbons (Fsp3) is 0.364. The number of carbonyl (C=O) groups is 1. The summed E-state index contributed by atoms with van der Waals surface area (Å²) < 4.78 is 1.74. The molecule has 2 aromatic heterocycles. The Hall–Kier alpha value is -2.11. The summed E-state index contributed by atoms with van der Waals surface area (Å²) >= 11 is 0. The van der Waals surface area contributed by atoms with Gasteiger partial charge in [0.1, 0.15) is 12.2 Å². The Morgan fingerprint density at radius 1 is 1.41 bits per heavy atom. The molecule has 2 rings (SSSR count). The van der Waals surface area contributed by atoms with Crippen LogP contribution in [0.3, 0.4) is 0 Å². The fourth-order valence-electron chi connectivity index (χ4n) is 1.53. The van der Waals surface area contributed by atoms with Gasteiger partial charge in [-0.1, -0.05) is 0 Å². The van der Waals surface area contributed by atoms with Crippen molar-refractivity contribution in [1.82, 2.24) is 25.0 Å². The third-order valence-corrected chi connectivity index (χ3v) is 2.36. The fourth-order valence-corrected chi connectivity index (χ4v) is 1.53. The maximum Gasteiger partial charge on any atom is 0.172 e. The predicted octanol–water partition coefficient (Wildman–Crippen LogP) is 1.07. The highest BCUT2D eigenvalue weighted by molar-refractivity contribution is 5.96. The highest BCUT2D eigenvalue weighted by Gasteiger charge is 2.13. The van der Waals surface area contributed by atoms with E-state index in [1.807, 2.05) is 13.8 Å². The summed E-state index contributed by atoms with van der Waals surface area (Å²) in [4.78, 5) is 16.0. The smallest absolute Gasteiger partial charge is 0.172 e. The van der Waals surface area contributed by atoms with E-state index in [-0.39, 0.29) is 18.2 Å². The summed E-state index contributed by atoms with van der Waals surface area (Å²) in [6.45, 7) is 3.99. The molecule has 0 radical (unpaired) electrons. The molecule has 0 N–H and O–H groups in total. The van der Waals surface area contributed by atoms with Crippen LogP contribution in [0.1, 0.15) is 36.1 Å². The quantitative estimate of drug-likeness (QED) is 0.736. The number of hydrogen-bond acceptors (Lipinski definition) is 5. The summed E-state index contributed by atoms with van der Waals surface area (Å²) in [6, 6.07) is 1.83. The lowest BCUT2D eigenvalue weighted by atomic mass is 10.1.